The van der Waals surface area contributed by atoms with Crippen LogP contribution in [0.4, 0.5) is 0 Å². The van der Waals surface area contributed by atoms with Gasteiger partial charge in [-0.3, -0.25) is 9.80 Å². The Hall–Kier alpha value is -1.65. The molecule has 0 saturated carbocycles. The molecule has 1 aromatic heterocycles. The fraction of sp³-hybridized carbons (Fsp3) is 0.500. The van der Waals surface area contributed by atoms with E-state index in [1.165, 1.54) is 32.4 Å². The Morgan fingerprint density at radius 1 is 1.09 bits per heavy atom. The number of hydrogen-bond acceptors (Lipinski definition) is 3. The summed E-state index contributed by atoms with van der Waals surface area (Å²) in [7, 11) is 0. The molecule has 22 heavy (non-hydrogen) atoms. The Morgan fingerprint density at radius 2 is 1.91 bits per heavy atom. The molecule has 2 aliphatic rings. The second-order valence-electron chi connectivity index (χ2n) is 6.51. The minimum Gasteiger partial charge on any atom is -0.348 e. The maximum absolute atomic E-state index is 4.33. The Balaban J connectivity index is 1.32. The molecule has 0 bridgehead atoms. The topological polar surface area (TPSA) is 35.2 Å². The van der Waals surface area contributed by atoms with Gasteiger partial charge in [-0.15, -0.1) is 0 Å². The number of imidazole rings is 1. The van der Waals surface area contributed by atoms with Crippen LogP contribution in [-0.2, 0) is 19.4 Å². The van der Waals surface area contributed by atoms with Gasteiger partial charge >= 0.3 is 0 Å². The maximum atomic E-state index is 4.33. The van der Waals surface area contributed by atoms with Gasteiger partial charge in [-0.25, -0.2) is 4.98 Å². The number of benzene rings is 1. The van der Waals surface area contributed by atoms with E-state index in [9.17, 15) is 0 Å². The predicted molar refractivity (Wildman–Crippen MR) is 87.7 cm³/mol. The zero-order chi connectivity index (χ0) is 14.8. The van der Waals surface area contributed by atoms with Gasteiger partial charge in [-0.2, -0.15) is 0 Å². The molecular formula is C18H24N4. The quantitative estimate of drug-likeness (QED) is 0.942. The summed E-state index contributed by atoms with van der Waals surface area (Å²) in [6.07, 6.45) is 7.53. The molecule has 2 aromatic rings. The van der Waals surface area contributed by atoms with Gasteiger partial charge in [0, 0.05) is 44.6 Å². The third kappa shape index (κ3) is 2.94. The Morgan fingerprint density at radius 3 is 2.68 bits per heavy atom. The average molecular weight is 296 g/mol. The first kappa shape index (κ1) is 14.0. The van der Waals surface area contributed by atoms with Crippen LogP contribution in [-0.4, -0.2) is 52.0 Å². The van der Waals surface area contributed by atoms with Gasteiger partial charge in [0.15, 0.2) is 0 Å². The molecule has 1 atom stereocenters. The van der Waals surface area contributed by atoms with Crippen LogP contribution < -0.4 is 0 Å². The van der Waals surface area contributed by atoms with Crippen LogP contribution in [0.3, 0.4) is 0 Å². The first-order valence-corrected chi connectivity index (χ1v) is 8.40. The highest BCUT2D eigenvalue weighted by atomic mass is 15.3. The Bertz CT molecular complexity index is 599. The van der Waals surface area contributed by atoms with Crippen LogP contribution >= 0.6 is 0 Å². The molecule has 1 saturated heterocycles. The lowest BCUT2D eigenvalue weighted by molar-refractivity contribution is 0.0843. The van der Waals surface area contributed by atoms with Crippen molar-refractivity contribution in [1.82, 2.24) is 19.8 Å². The van der Waals surface area contributed by atoms with Gasteiger partial charge in [0.05, 0.1) is 6.54 Å². The number of nitrogens with zero attached hydrogens (tertiary/aromatic N) is 3. The molecule has 1 N–H and O–H groups in total. The smallest absolute Gasteiger partial charge is 0.120 e. The van der Waals surface area contributed by atoms with Gasteiger partial charge in [-0.05, 0) is 30.4 Å². The predicted octanol–water partition coefficient (Wildman–Crippen LogP) is 2.08. The summed E-state index contributed by atoms with van der Waals surface area (Å²) in [6, 6.07) is 9.71. The lowest BCUT2D eigenvalue weighted by Crippen LogP contribution is -2.51. The van der Waals surface area contributed by atoms with E-state index >= 15 is 0 Å². The van der Waals surface area contributed by atoms with E-state index in [2.05, 4.69) is 44.0 Å². The minimum atomic E-state index is 0.737. The van der Waals surface area contributed by atoms with Crippen molar-refractivity contribution in [3.05, 3.63) is 53.6 Å². The molecule has 1 aliphatic carbocycles. The van der Waals surface area contributed by atoms with Crippen LogP contribution in [0.1, 0.15) is 23.4 Å². The zero-order valence-corrected chi connectivity index (χ0v) is 13.0. The van der Waals surface area contributed by atoms with Crippen LogP contribution in [0.2, 0.25) is 0 Å². The van der Waals surface area contributed by atoms with Gasteiger partial charge in [0.2, 0.25) is 0 Å². The van der Waals surface area contributed by atoms with Crippen molar-refractivity contribution in [3.63, 3.8) is 0 Å². The summed E-state index contributed by atoms with van der Waals surface area (Å²) >= 11 is 0. The second-order valence-corrected chi connectivity index (χ2v) is 6.51. The third-order valence-corrected chi connectivity index (χ3v) is 5.17. The van der Waals surface area contributed by atoms with E-state index in [1.807, 2.05) is 12.4 Å². The standard InChI is InChI=1S/C18H24N4/c1-2-4-16-13-17(6-5-15(16)3-1)22-11-9-21(10-12-22)14-18-19-7-8-20-18/h1-4,7-8,17H,5-6,9-14H2,(H,19,20). The average Bonchev–Trinajstić information content (AvgIpc) is 3.08. The summed E-state index contributed by atoms with van der Waals surface area (Å²) in [6.45, 7) is 5.63. The molecule has 4 rings (SSSR count). The normalized spacial score (nSPS) is 23.4. The second kappa shape index (κ2) is 6.23. The van der Waals surface area contributed by atoms with Crippen molar-refractivity contribution in [2.75, 3.05) is 26.2 Å². The number of rotatable bonds is 3. The van der Waals surface area contributed by atoms with Gasteiger partial charge in [0.1, 0.15) is 5.82 Å². The fourth-order valence-corrected chi connectivity index (χ4v) is 3.87. The molecule has 0 amide bonds. The van der Waals surface area contributed by atoms with Crippen LogP contribution in [0, 0.1) is 0 Å². The fourth-order valence-electron chi connectivity index (χ4n) is 3.87. The Labute approximate surface area is 132 Å². The molecule has 1 fully saturated rings. The van der Waals surface area contributed by atoms with E-state index < -0.39 is 0 Å². The third-order valence-electron chi connectivity index (χ3n) is 5.17. The van der Waals surface area contributed by atoms with Crippen molar-refractivity contribution in [2.24, 2.45) is 0 Å². The Kier molecular flexibility index (Phi) is 3.95. The number of fused-ring (bicyclic) bond motifs is 1. The number of nitrogens with one attached hydrogen (secondary N) is 1. The molecule has 4 heteroatoms. The van der Waals surface area contributed by atoms with Gasteiger partial charge in [0.25, 0.3) is 0 Å². The summed E-state index contributed by atoms with van der Waals surface area (Å²) in [5.74, 6) is 1.08. The molecule has 1 unspecified atom stereocenters. The molecular weight excluding hydrogens is 272 g/mol. The maximum Gasteiger partial charge on any atom is 0.120 e. The van der Waals surface area contributed by atoms with Gasteiger partial charge < -0.3 is 4.98 Å². The molecule has 2 heterocycles. The molecule has 0 radical (unpaired) electrons. The van der Waals surface area contributed by atoms with E-state index in [-0.39, 0.29) is 0 Å². The first-order chi connectivity index (χ1) is 10.9. The van der Waals surface area contributed by atoms with Crippen molar-refractivity contribution < 1.29 is 0 Å². The van der Waals surface area contributed by atoms with Crippen molar-refractivity contribution in [3.8, 4) is 0 Å². The van der Waals surface area contributed by atoms with Crippen molar-refractivity contribution in [1.29, 1.82) is 0 Å². The van der Waals surface area contributed by atoms with Crippen molar-refractivity contribution >= 4 is 0 Å². The lowest BCUT2D eigenvalue weighted by atomic mass is 9.87. The monoisotopic (exact) mass is 296 g/mol. The highest BCUT2D eigenvalue weighted by molar-refractivity contribution is 5.30. The number of aromatic amines is 1. The molecule has 1 aliphatic heterocycles. The summed E-state index contributed by atoms with van der Waals surface area (Å²) in [5, 5.41) is 0. The van der Waals surface area contributed by atoms with E-state index in [0.29, 0.717) is 0 Å². The number of piperazine rings is 1. The summed E-state index contributed by atoms with van der Waals surface area (Å²) in [5.41, 5.74) is 3.13. The number of aryl methyl sites for hydroxylation is 1. The highest BCUT2D eigenvalue weighted by Crippen LogP contribution is 2.25. The van der Waals surface area contributed by atoms with Crippen LogP contribution in [0.15, 0.2) is 36.7 Å². The molecule has 4 nitrogen and oxygen atoms in total. The molecule has 116 valence electrons. The largest absolute Gasteiger partial charge is 0.348 e. The SMILES string of the molecule is c1ccc2c(c1)CCC(N1CCN(Cc3ncc[nH]3)CC1)C2. The lowest BCUT2D eigenvalue weighted by Gasteiger charge is -2.41. The van der Waals surface area contributed by atoms with E-state index in [4.69, 9.17) is 0 Å². The van der Waals surface area contributed by atoms with Gasteiger partial charge in [-0.1, -0.05) is 24.3 Å². The van der Waals surface area contributed by atoms with Crippen LogP contribution in [0.25, 0.3) is 0 Å². The first-order valence-electron chi connectivity index (χ1n) is 8.40. The number of H-pyrrole nitrogens is 1. The van der Waals surface area contributed by atoms with E-state index in [0.717, 1.165) is 31.5 Å². The number of hydrogen-bond donors (Lipinski definition) is 1. The minimum absolute atomic E-state index is 0.737. The summed E-state index contributed by atoms with van der Waals surface area (Å²) < 4.78 is 0. The zero-order valence-electron chi connectivity index (χ0n) is 13.0. The summed E-state index contributed by atoms with van der Waals surface area (Å²) in [4.78, 5) is 12.7. The highest BCUT2D eigenvalue weighted by Gasteiger charge is 2.27. The molecule has 0 spiro atoms. The van der Waals surface area contributed by atoms with Crippen molar-refractivity contribution in [2.45, 2.75) is 31.8 Å². The van der Waals surface area contributed by atoms with Crippen LogP contribution in [0.5, 0.6) is 0 Å². The van der Waals surface area contributed by atoms with E-state index in [1.54, 1.807) is 11.1 Å². The molecule has 1 aromatic carbocycles. The number of aromatic nitrogens is 2.